The Bertz CT molecular complexity index is 951. The molecular weight excluding hydrogens is 418 g/mol. The van der Waals surface area contributed by atoms with Crippen LogP contribution in [0.2, 0.25) is 0 Å². The minimum atomic E-state index is -3.72. The van der Waals surface area contributed by atoms with Crippen LogP contribution in [0.3, 0.4) is 0 Å². The van der Waals surface area contributed by atoms with E-state index in [0.29, 0.717) is 25.8 Å². The predicted octanol–water partition coefficient (Wildman–Crippen LogP) is 1.33. The second kappa shape index (κ2) is 10.8. The second-order valence-corrected chi connectivity index (χ2v) is 9.47. The van der Waals surface area contributed by atoms with E-state index in [1.807, 2.05) is 19.1 Å². The third-order valence-electron chi connectivity index (χ3n) is 5.33. The number of rotatable bonds is 9. The van der Waals surface area contributed by atoms with Crippen LogP contribution in [0.25, 0.3) is 0 Å². The minimum absolute atomic E-state index is 0.130. The number of aryl methyl sites for hydroxylation is 1. The first kappa shape index (κ1) is 23.3. The van der Waals surface area contributed by atoms with Crippen LogP contribution in [0, 0.1) is 6.92 Å². The summed E-state index contributed by atoms with van der Waals surface area (Å²) in [5, 5.41) is 12.6. The van der Waals surface area contributed by atoms with Crippen molar-refractivity contribution in [1.29, 1.82) is 0 Å². The van der Waals surface area contributed by atoms with Crippen molar-refractivity contribution in [1.82, 2.24) is 15.0 Å². The molecule has 3 N–H and O–H groups in total. The number of nitrogens with zero attached hydrogens (tertiary/aromatic N) is 1. The fraction of sp³-hybridized carbons (Fsp3) is 0.455. The van der Waals surface area contributed by atoms with E-state index in [4.69, 9.17) is 4.74 Å². The number of sulfonamides is 1. The summed E-state index contributed by atoms with van der Waals surface area (Å²) >= 11 is 0. The molecule has 9 heteroatoms. The maximum absolute atomic E-state index is 12.7. The van der Waals surface area contributed by atoms with Crippen molar-refractivity contribution in [2.75, 3.05) is 13.2 Å². The highest BCUT2D eigenvalue weighted by molar-refractivity contribution is 7.89. The van der Waals surface area contributed by atoms with Gasteiger partial charge >= 0.3 is 0 Å². The van der Waals surface area contributed by atoms with Crippen LogP contribution < -0.4 is 10.0 Å². The average molecular weight is 448 g/mol. The maximum Gasteiger partial charge on any atom is 0.240 e. The zero-order valence-corrected chi connectivity index (χ0v) is 18.3. The number of ether oxygens (including phenoxy) is 1. The van der Waals surface area contributed by atoms with Crippen LogP contribution >= 0.6 is 0 Å². The summed E-state index contributed by atoms with van der Waals surface area (Å²) < 4.78 is 33.8. The molecule has 1 saturated heterocycles. The molecule has 0 aliphatic carbocycles. The molecule has 31 heavy (non-hydrogen) atoms. The number of carbonyl (C=O) groups is 1. The van der Waals surface area contributed by atoms with Crippen molar-refractivity contribution in [2.45, 2.75) is 55.8 Å². The molecule has 0 unspecified atom stereocenters. The van der Waals surface area contributed by atoms with Gasteiger partial charge in [-0.2, -0.15) is 0 Å². The fourth-order valence-corrected chi connectivity index (χ4v) is 4.87. The van der Waals surface area contributed by atoms with E-state index in [2.05, 4.69) is 15.0 Å². The van der Waals surface area contributed by atoms with Gasteiger partial charge in [0.05, 0.1) is 36.2 Å². The van der Waals surface area contributed by atoms with Gasteiger partial charge in [-0.15, -0.1) is 0 Å². The van der Waals surface area contributed by atoms with E-state index in [1.165, 1.54) is 0 Å². The quantitative estimate of drug-likeness (QED) is 0.534. The zero-order chi connectivity index (χ0) is 22.3. The summed E-state index contributed by atoms with van der Waals surface area (Å²) in [7, 11) is -3.72. The largest absolute Gasteiger partial charge is 0.394 e. The van der Waals surface area contributed by atoms with Crippen LogP contribution in [0.5, 0.6) is 0 Å². The summed E-state index contributed by atoms with van der Waals surface area (Å²) in [6, 6.07) is 9.82. The summed E-state index contributed by atoms with van der Waals surface area (Å²) in [5.41, 5.74) is 2.06. The zero-order valence-electron chi connectivity index (χ0n) is 17.5. The molecule has 0 saturated carbocycles. The molecule has 1 aromatic carbocycles. The lowest BCUT2D eigenvalue weighted by atomic mass is 9.98. The molecule has 3 atom stereocenters. The van der Waals surface area contributed by atoms with E-state index in [0.717, 1.165) is 11.1 Å². The summed E-state index contributed by atoms with van der Waals surface area (Å²) in [5.74, 6) is -0.130. The van der Waals surface area contributed by atoms with Gasteiger partial charge in [-0.05, 0) is 56.0 Å². The molecule has 2 heterocycles. The lowest BCUT2D eigenvalue weighted by Crippen LogP contribution is -2.51. The summed E-state index contributed by atoms with van der Waals surface area (Å²) in [6.07, 6.45) is 4.24. The fourth-order valence-electron chi connectivity index (χ4n) is 3.58. The average Bonchev–Trinajstić information content (AvgIpc) is 2.75. The van der Waals surface area contributed by atoms with Crippen molar-refractivity contribution >= 4 is 15.9 Å². The van der Waals surface area contributed by atoms with Gasteiger partial charge in [-0.25, -0.2) is 13.1 Å². The number of amides is 1. The van der Waals surface area contributed by atoms with Crippen LogP contribution in [0.1, 0.15) is 30.4 Å². The molecular formula is C22H29N3O5S. The first-order chi connectivity index (χ1) is 14.9. The van der Waals surface area contributed by atoms with Gasteiger partial charge in [0.25, 0.3) is 0 Å². The molecule has 0 radical (unpaired) electrons. The van der Waals surface area contributed by atoms with Gasteiger partial charge in [0.15, 0.2) is 0 Å². The first-order valence-corrected chi connectivity index (χ1v) is 11.9. The van der Waals surface area contributed by atoms with E-state index in [-0.39, 0.29) is 29.9 Å². The molecule has 1 amide bonds. The smallest absolute Gasteiger partial charge is 0.240 e. The van der Waals surface area contributed by atoms with Gasteiger partial charge in [0.1, 0.15) is 0 Å². The number of nitrogens with one attached hydrogen (secondary N) is 2. The Kier molecular flexibility index (Phi) is 8.14. The lowest BCUT2D eigenvalue weighted by Gasteiger charge is -2.35. The number of benzene rings is 1. The van der Waals surface area contributed by atoms with Crippen LogP contribution in [0.15, 0.2) is 53.7 Å². The number of aliphatic hydroxyl groups excluding tert-OH is 1. The molecule has 1 aliphatic rings. The highest BCUT2D eigenvalue weighted by Crippen LogP contribution is 2.23. The van der Waals surface area contributed by atoms with Crippen molar-refractivity contribution in [3.05, 3.63) is 59.9 Å². The number of aromatic nitrogens is 1. The molecule has 3 rings (SSSR count). The third kappa shape index (κ3) is 6.83. The normalized spacial score (nSPS) is 21.5. The Morgan fingerprint density at radius 2 is 1.87 bits per heavy atom. The topological polar surface area (TPSA) is 118 Å². The van der Waals surface area contributed by atoms with Gasteiger partial charge in [-0.1, -0.05) is 17.7 Å². The first-order valence-electron chi connectivity index (χ1n) is 10.4. The number of carbonyl (C=O) groups excluding carboxylic acids is 1. The Morgan fingerprint density at radius 1 is 1.16 bits per heavy atom. The highest BCUT2D eigenvalue weighted by atomic mass is 32.2. The van der Waals surface area contributed by atoms with E-state index in [1.54, 1.807) is 36.7 Å². The molecule has 0 bridgehead atoms. The standard InChI is InChI=1S/C22H29N3O5S/c1-16-2-5-19(6-3-16)31(28,29)25-20-7-4-18(30-21(20)15-26)14-22(27)24-13-10-17-8-11-23-12-9-17/h2-3,5-6,8-9,11-12,18,20-21,25-26H,4,7,10,13-15H2,1H3,(H,24,27)/t18-,20+,21-/m0/s1. The number of hydrogen-bond acceptors (Lipinski definition) is 6. The second-order valence-electron chi connectivity index (χ2n) is 7.76. The molecule has 1 aliphatic heterocycles. The molecule has 168 valence electrons. The molecule has 1 aromatic heterocycles. The van der Waals surface area contributed by atoms with Crippen LogP contribution in [-0.2, 0) is 26.0 Å². The molecule has 1 fully saturated rings. The Labute approximate surface area is 183 Å². The van der Waals surface area contributed by atoms with E-state index < -0.39 is 22.2 Å². The molecule has 8 nitrogen and oxygen atoms in total. The van der Waals surface area contributed by atoms with Gasteiger partial charge in [0.2, 0.25) is 15.9 Å². The Balaban J connectivity index is 1.48. The van der Waals surface area contributed by atoms with Crippen molar-refractivity contribution in [3.63, 3.8) is 0 Å². The summed E-state index contributed by atoms with van der Waals surface area (Å²) in [4.78, 5) is 16.4. The monoisotopic (exact) mass is 447 g/mol. The predicted molar refractivity (Wildman–Crippen MR) is 116 cm³/mol. The Hall–Kier alpha value is -2.33. The number of hydrogen-bond donors (Lipinski definition) is 3. The van der Waals surface area contributed by atoms with E-state index >= 15 is 0 Å². The number of aliphatic hydroxyl groups is 1. The van der Waals surface area contributed by atoms with Gasteiger partial charge < -0.3 is 15.2 Å². The highest BCUT2D eigenvalue weighted by Gasteiger charge is 2.34. The number of pyridine rings is 1. The Morgan fingerprint density at radius 3 is 2.55 bits per heavy atom. The molecule has 2 aromatic rings. The third-order valence-corrected chi connectivity index (χ3v) is 6.84. The van der Waals surface area contributed by atoms with Crippen molar-refractivity contribution in [3.8, 4) is 0 Å². The lowest BCUT2D eigenvalue weighted by molar-refractivity contribution is -0.130. The van der Waals surface area contributed by atoms with E-state index in [9.17, 15) is 18.3 Å². The van der Waals surface area contributed by atoms with Crippen molar-refractivity contribution in [2.24, 2.45) is 0 Å². The summed E-state index contributed by atoms with van der Waals surface area (Å²) in [6.45, 7) is 2.06. The van der Waals surface area contributed by atoms with Crippen LogP contribution in [0.4, 0.5) is 0 Å². The van der Waals surface area contributed by atoms with Crippen LogP contribution in [-0.4, -0.2) is 55.8 Å². The van der Waals surface area contributed by atoms with Crippen molar-refractivity contribution < 1.29 is 23.1 Å². The SMILES string of the molecule is Cc1ccc(S(=O)(=O)N[C@@H]2CC[C@@H](CC(=O)NCCc3ccncc3)O[C@H]2CO)cc1. The molecule has 0 spiro atoms. The maximum atomic E-state index is 12.7. The van der Waals surface area contributed by atoms with Gasteiger partial charge in [0, 0.05) is 18.9 Å². The minimum Gasteiger partial charge on any atom is -0.394 e. The van der Waals surface area contributed by atoms with Gasteiger partial charge in [-0.3, -0.25) is 9.78 Å².